The molecule has 0 heterocycles. The molecule has 0 aliphatic carbocycles. The van der Waals surface area contributed by atoms with Crippen molar-refractivity contribution in [2.24, 2.45) is 0 Å². The van der Waals surface area contributed by atoms with Crippen LogP contribution in [0.25, 0.3) is 0 Å². The van der Waals surface area contributed by atoms with Crippen molar-refractivity contribution >= 4 is 15.9 Å². The first-order valence-electron chi connectivity index (χ1n) is 3.80. The van der Waals surface area contributed by atoms with Crippen LogP contribution in [0.2, 0.25) is 0 Å². The van der Waals surface area contributed by atoms with E-state index in [0.29, 0.717) is 0 Å². The van der Waals surface area contributed by atoms with Crippen LogP contribution in [0, 0.1) is 6.92 Å². The fourth-order valence-corrected chi connectivity index (χ4v) is 1.57. The molecule has 11 heavy (non-hydrogen) atoms. The van der Waals surface area contributed by atoms with Crippen LogP contribution in [0.5, 0.6) is 0 Å². The van der Waals surface area contributed by atoms with Crippen LogP contribution in [0.3, 0.4) is 0 Å². The van der Waals surface area contributed by atoms with E-state index in [1.165, 1.54) is 11.1 Å². The van der Waals surface area contributed by atoms with Gasteiger partial charge in [-0.2, -0.15) is 0 Å². The number of halogens is 1. The van der Waals surface area contributed by atoms with Crippen LogP contribution in [0.4, 0.5) is 0 Å². The molecule has 0 saturated heterocycles. The first kappa shape index (κ1) is 8.79. The zero-order valence-electron chi connectivity index (χ0n) is 6.52. The molecule has 0 unspecified atom stereocenters. The monoisotopic (exact) mass is 211 g/mol. The summed E-state index contributed by atoms with van der Waals surface area (Å²) in [5.74, 6) is 0. The van der Waals surface area contributed by atoms with Crippen LogP contribution >= 0.6 is 15.9 Å². The van der Waals surface area contributed by atoms with Gasteiger partial charge in [-0.1, -0.05) is 40.2 Å². The number of benzene rings is 1. The van der Waals surface area contributed by atoms with Crippen molar-refractivity contribution < 1.29 is 0 Å². The molecule has 0 aromatic heterocycles. The number of hydrogen-bond donors (Lipinski definition) is 0. The minimum absolute atomic E-state index is 0.892. The SMILES string of the molecule is [CH2]Cc1ccccc1CCBr. The number of alkyl halides is 1. The van der Waals surface area contributed by atoms with Gasteiger partial charge in [-0.25, -0.2) is 0 Å². The Kier molecular flexibility index (Phi) is 3.64. The molecular weight excluding hydrogens is 200 g/mol. The first-order valence-corrected chi connectivity index (χ1v) is 4.92. The van der Waals surface area contributed by atoms with Gasteiger partial charge in [-0.3, -0.25) is 0 Å². The summed E-state index contributed by atoms with van der Waals surface area (Å²) in [6.45, 7) is 3.88. The van der Waals surface area contributed by atoms with Gasteiger partial charge in [0.05, 0.1) is 0 Å². The average Bonchev–Trinajstić information content (AvgIpc) is 2.06. The van der Waals surface area contributed by atoms with E-state index < -0.39 is 0 Å². The molecule has 59 valence electrons. The lowest BCUT2D eigenvalue weighted by Crippen LogP contribution is -1.92. The molecule has 0 saturated carbocycles. The smallest absolute Gasteiger partial charge is 0.00719 e. The Balaban J connectivity index is 2.83. The highest BCUT2D eigenvalue weighted by Gasteiger charge is 1.96. The molecule has 0 aliphatic rings. The van der Waals surface area contributed by atoms with Crippen molar-refractivity contribution in [2.45, 2.75) is 12.8 Å². The third-order valence-electron chi connectivity index (χ3n) is 1.75. The van der Waals surface area contributed by atoms with Crippen LogP contribution in [0.15, 0.2) is 24.3 Å². The second kappa shape index (κ2) is 4.55. The maximum absolute atomic E-state index is 3.88. The zero-order chi connectivity index (χ0) is 8.10. The molecule has 1 heteroatoms. The standard InChI is InChI=1S/C10H12Br/c1-2-9-5-3-4-6-10(9)7-8-11/h3-6H,1-2,7-8H2. The molecule has 0 atom stereocenters. The summed E-state index contributed by atoms with van der Waals surface area (Å²) in [6.07, 6.45) is 1.99. The van der Waals surface area contributed by atoms with E-state index in [4.69, 9.17) is 0 Å². The van der Waals surface area contributed by atoms with E-state index >= 15 is 0 Å². The minimum atomic E-state index is 0.892. The second-order valence-corrected chi connectivity index (χ2v) is 3.25. The normalized spacial score (nSPS) is 10.0. The fourth-order valence-electron chi connectivity index (χ4n) is 1.15. The van der Waals surface area contributed by atoms with Gasteiger partial charge in [0.25, 0.3) is 0 Å². The van der Waals surface area contributed by atoms with Gasteiger partial charge in [0.15, 0.2) is 0 Å². The molecule has 0 amide bonds. The van der Waals surface area contributed by atoms with Gasteiger partial charge < -0.3 is 0 Å². The molecule has 0 spiro atoms. The summed E-state index contributed by atoms with van der Waals surface area (Å²) < 4.78 is 0. The van der Waals surface area contributed by atoms with Crippen LogP contribution in [-0.4, -0.2) is 5.33 Å². The molecule has 0 bridgehead atoms. The van der Waals surface area contributed by atoms with Crippen LogP contribution in [-0.2, 0) is 12.8 Å². The van der Waals surface area contributed by atoms with E-state index in [1.54, 1.807) is 0 Å². The predicted molar refractivity (Wildman–Crippen MR) is 53.0 cm³/mol. The molecule has 1 radical (unpaired) electrons. The van der Waals surface area contributed by atoms with E-state index in [2.05, 4.69) is 47.1 Å². The quantitative estimate of drug-likeness (QED) is 0.675. The zero-order valence-corrected chi connectivity index (χ0v) is 8.10. The Morgan fingerprint density at radius 1 is 1.18 bits per heavy atom. The van der Waals surface area contributed by atoms with Crippen LogP contribution < -0.4 is 0 Å². The van der Waals surface area contributed by atoms with Crippen molar-refractivity contribution in [3.8, 4) is 0 Å². The van der Waals surface area contributed by atoms with Gasteiger partial charge >= 0.3 is 0 Å². The van der Waals surface area contributed by atoms with Crippen molar-refractivity contribution in [1.29, 1.82) is 0 Å². The highest BCUT2D eigenvalue weighted by molar-refractivity contribution is 9.09. The highest BCUT2D eigenvalue weighted by Crippen LogP contribution is 2.10. The van der Waals surface area contributed by atoms with Gasteiger partial charge in [-0.05, 0) is 30.9 Å². The predicted octanol–water partition coefficient (Wildman–Crippen LogP) is 3.00. The molecule has 1 aromatic carbocycles. The van der Waals surface area contributed by atoms with E-state index in [-0.39, 0.29) is 0 Å². The Bertz CT molecular complexity index is 218. The molecular formula is C10H12Br. The molecule has 1 aromatic rings. The van der Waals surface area contributed by atoms with Crippen molar-refractivity contribution in [2.75, 3.05) is 5.33 Å². The second-order valence-electron chi connectivity index (χ2n) is 2.46. The van der Waals surface area contributed by atoms with Crippen molar-refractivity contribution in [3.63, 3.8) is 0 Å². The summed E-state index contributed by atoms with van der Waals surface area (Å²) >= 11 is 3.43. The topological polar surface area (TPSA) is 0 Å². The van der Waals surface area contributed by atoms with E-state index in [1.807, 2.05) is 0 Å². The number of aryl methyl sites for hydroxylation is 1. The minimum Gasteiger partial charge on any atom is -0.0924 e. The van der Waals surface area contributed by atoms with Gasteiger partial charge in [0.2, 0.25) is 0 Å². The lowest BCUT2D eigenvalue weighted by atomic mass is 10.0. The summed E-state index contributed by atoms with van der Waals surface area (Å²) in [5.41, 5.74) is 2.78. The number of hydrogen-bond acceptors (Lipinski definition) is 0. The lowest BCUT2D eigenvalue weighted by molar-refractivity contribution is 1.10. The van der Waals surface area contributed by atoms with Gasteiger partial charge in [0.1, 0.15) is 0 Å². The van der Waals surface area contributed by atoms with Gasteiger partial charge in [-0.15, -0.1) is 0 Å². The van der Waals surface area contributed by atoms with E-state index in [9.17, 15) is 0 Å². The van der Waals surface area contributed by atoms with E-state index in [0.717, 1.165) is 18.2 Å². The fraction of sp³-hybridized carbons (Fsp3) is 0.300. The summed E-state index contributed by atoms with van der Waals surface area (Å²) in [5, 5.41) is 1.03. The molecule has 1 rings (SSSR count). The molecule has 0 N–H and O–H groups in total. The average molecular weight is 212 g/mol. The summed E-state index contributed by atoms with van der Waals surface area (Å²) in [7, 11) is 0. The Morgan fingerprint density at radius 2 is 1.82 bits per heavy atom. The largest absolute Gasteiger partial charge is 0.0924 e. The molecule has 0 nitrogen and oxygen atoms in total. The van der Waals surface area contributed by atoms with Gasteiger partial charge in [0, 0.05) is 5.33 Å². The number of rotatable bonds is 3. The highest BCUT2D eigenvalue weighted by atomic mass is 79.9. The molecule has 0 fully saturated rings. The van der Waals surface area contributed by atoms with Crippen molar-refractivity contribution in [3.05, 3.63) is 42.3 Å². The summed E-state index contributed by atoms with van der Waals surface area (Å²) in [6, 6.07) is 8.46. The third-order valence-corrected chi connectivity index (χ3v) is 2.15. The van der Waals surface area contributed by atoms with Crippen LogP contribution in [0.1, 0.15) is 11.1 Å². The Hall–Kier alpha value is -0.300. The first-order chi connectivity index (χ1) is 5.38. The van der Waals surface area contributed by atoms with Crippen molar-refractivity contribution in [1.82, 2.24) is 0 Å². The Morgan fingerprint density at radius 3 is 2.36 bits per heavy atom. The summed E-state index contributed by atoms with van der Waals surface area (Å²) in [4.78, 5) is 0. The Labute approximate surface area is 76.8 Å². The maximum atomic E-state index is 3.88. The third kappa shape index (κ3) is 2.33. The molecule has 0 aliphatic heterocycles. The lowest BCUT2D eigenvalue weighted by Gasteiger charge is -2.03. The maximum Gasteiger partial charge on any atom is 0.00719 e.